The van der Waals surface area contributed by atoms with Gasteiger partial charge in [0.25, 0.3) is 0 Å². The molecule has 1 atom stereocenters. The van der Waals surface area contributed by atoms with Crippen LogP contribution in [0, 0.1) is 9.39 Å². The van der Waals surface area contributed by atoms with Crippen molar-refractivity contribution in [2.45, 2.75) is 19.4 Å². The van der Waals surface area contributed by atoms with Crippen molar-refractivity contribution in [1.29, 1.82) is 0 Å². The molecule has 2 aromatic carbocycles. The Balaban J connectivity index is 2.32. The van der Waals surface area contributed by atoms with Gasteiger partial charge in [-0.05, 0) is 77.0 Å². The summed E-state index contributed by atoms with van der Waals surface area (Å²) in [5.41, 5.74) is 1.72. The molecule has 1 unspecified atom stereocenters. The van der Waals surface area contributed by atoms with Crippen molar-refractivity contribution in [3.63, 3.8) is 0 Å². The Morgan fingerprint density at radius 3 is 2.48 bits per heavy atom. The molecular weight excluding hydrogens is 423 g/mol. The molecule has 0 aliphatic rings. The lowest BCUT2D eigenvalue weighted by molar-refractivity contribution is 0.526. The summed E-state index contributed by atoms with van der Waals surface area (Å²) in [4.78, 5) is 0. The zero-order valence-corrected chi connectivity index (χ0v) is 15.1. The van der Waals surface area contributed by atoms with Crippen LogP contribution in [0.1, 0.15) is 24.1 Å². The molecule has 21 heavy (non-hydrogen) atoms. The molecule has 0 bridgehead atoms. The first-order chi connectivity index (χ1) is 10.0. The average Bonchev–Trinajstić information content (AvgIpc) is 2.44. The van der Waals surface area contributed by atoms with Gasteiger partial charge in [0, 0.05) is 19.7 Å². The van der Waals surface area contributed by atoms with Gasteiger partial charge in [-0.25, -0.2) is 4.39 Å². The lowest BCUT2D eigenvalue weighted by Crippen LogP contribution is -2.24. The van der Waals surface area contributed by atoms with Crippen LogP contribution in [0.5, 0.6) is 0 Å². The Labute approximate surface area is 148 Å². The predicted molar refractivity (Wildman–Crippen MR) is 95.7 cm³/mol. The van der Waals surface area contributed by atoms with Gasteiger partial charge in [-0.15, -0.1) is 0 Å². The minimum atomic E-state index is -0.276. The van der Waals surface area contributed by atoms with Crippen LogP contribution in [0.15, 0.2) is 36.4 Å². The minimum absolute atomic E-state index is 0.0104. The van der Waals surface area contributed by atoms with Crippen molar-refractivity contribution in [2.24, 2.45) is 0 Å². The van der Waals surface area contributed by atoms with Gasteiger partial charge in [0.05, 0.1) is 0 Å². The van der Waals surface area contributed by atoms with Crippen LogP contribution in [-0.2, 0) is 6.42 Å². The molecule has 5 heteroatoms. The Hall–Kier alpha value is -0.360. The van der Waals surface area contributed by atoms with E-state index < -0.39 is 0 Å². The number of rotatable bonds is 5. The minimum Gasteiger partial charge on any atom is -0.310 e. The van der Waals surface area contributed by atoms with E-state index in [2.05, 4.69) is 27.9 Å². The zero-order chi connectivity index (χ0) is 15.4. The summed E-state index contributed by atoms with van der Waals surface area (Å²) < 4.78 is 15.1. The molecule has 0 aromatic heterocycles. The molecule has 0 radical (unpaired) electrons. The van der Waals surface area contributed by atoms with Crippen molar-refractivity contribution in [1.82, 2.24) is 5.32 Å². The number of hydrogen-bond donors (Lipinski definition) is 1. The zero-order valence-electron chi connectivity index (χ0n) is 11.5. The van der Waals surface area contributed by atoms with Gasteiger partial charge >= 0.3 is 0 Å². The van der Waals surface area contributed by atoms with E-state index in [4.69, 9.17) is 23.2 Å². The Kier molecular flexibility index (Phi) is 6.29. The fourth-order valence-electron chi connectivity index (χ4n) is 2.23. The second kappa shape index (κ2) is 7.77. The monoisotopic (exact) mass is 437 g/mol. The molecule has 0 saturated heterocycles. The smallest absolute Gasteiger partial charge is 0.127 e. The van der Waals surface area contributed by atoms with E-state index >= 15 is 0 Å². The summed E-state index contributed by atoms with van der Waals surface area (Å²) in [6.07, 6.45) is 0.549. The van der Waals surface area contributed by atoms with Crippen LogP contribution < -0.4 is 5.32 Å². The molecule has 2 rings (SSSR count). The van der Waals surface area contributed by atoms with Gasteiger partial charge in [-0.1, -0.05) is 36.2 Å². The summed E-state index contributed by atoms with van der Waals surface area (Å²) in [5.74, 6) is -0.276. The molecule has 0 amide bonds. The van der Waals surface area contributed by atoms with Gasteiger partial charge in [0.1, 0.15) is 5.82 Å². The topological polar surface area (TPSA) is 12.0 Å². The molecule has 0 spiro atoms. The largest absolute Gasteiger partial charge is 0.310 e. The maximum Gasteiger partial charge on any atom is 0.127 e. The average molecular weight is 438 g/mol. The Morgan fingerprint density at radius 2 is 1.81 bits per heavy atom. The number of hydrogen-bond acceptors (Lipinski definition) is 1. The first kappa shape index (κ1) is 17.0. The SMILES string of the molecule is CCNC(Cc1ccc(Cl)cc1F)c1cc(Cl)ccc1I. The highest BCUT2D eigenvalue weighted by Gasteiger charge is 2.17. The number of halogens is 4. The summed E-state index contributed by atoms with van der Waals surface area (Å²) >= 11 is 14.2. The fraction of sp³-hybridized carbons (Fsp3) is 0.250. The maximum atomic E-state index is 14.0. The van der Waals surface area contributed by atoms with Crippen molar-refractivity contribution in [3.8, 4) is 0 Å². The maximum absolute atomic E-state index is 14.0. The molecular formula is C16H15Cl2FIN. The highest BCUT2D eigenvalue weighted by atomic mass is 127. The summed E-state index contributed by atoms with van der Waals surface area (Å²) in [7, 11) is 0. The van der Waals surface area contributed by atoms with Crippen LogP contribution in [0.25, 0.3) is 0 Å². The van der Waals surface area contributed by atoms with Crippen LogP contribution in [0.3, 0.4) is 0 Å². The third-order valence-electron chi connectivity index (χ3n) is 3.22. The number of benzene rings is 2. The lowest BCUT2D eigenvalue weighted by Gasteiger charge is -2.20. The molecule has 0 aliphatic heterocycles. The normalized spacial score (nSPS) is 12.4. The molecule has 112 valence electrons. The van der Waals surface area contributed by atoms with Gasteiger partial charge < -0.3 is 5.32 Å². The standard InChI is InChI=1S/C16H15Cl2FIN/c1-2-21-16(13-8-11(17)5-6-15(13)20)7-10-3-4-12(18)9-14(10)19/h3-6,8-9,16,21H,2,7H2,1H3. The summed E-state index contributed by atoms with van der Waals surface area (Å²) in [6.45, 7) is 2.82. The number of nitrogens with one attached hydrogen (secondary N) is 1. The van der Waals surface area contributed by atoms with E-state index in [-0.39, 0.29) is 11.9 Å². The third kappa shape index (κ3) is 4.55. The third-order valence-corrected chi connectivity index (χ3v) is 4.68. The molecule has 2 aromatic rings. The van der Waals surface area contributed by atoms with E-state index in [1.54, 1.807) is 12.1 Å². The van der Waals surface area contributed by atoms with Crippen molar-refractivity contribution in [2.75, 3.05) is 6.54 Å². The van der Waals surface area contributed by atoms with Crippen molar-refractivity contribution >= 4 is 45.8 Å². The van der Waals surface area contributed by atoms with Crippen molar-refractivity contribution < 1.29 is 4.39 Å². The highest BCUT2D eigenvalue weighted by molar-refractivity contribution is 14.1. The van der Waals surface area contributed by atoms with Crippen LogP contribution in [-0.4, -0.2) is 6.54 Å². The van der Waals surface area contributed by atoms with Gasteiger partial charge in [0.2, 0.25) is 0 Å². The summed E-state index contributed by atoms with van der Waals surface area (Å²) in [5, 5.41) is 4.49. The second-order valence-corrected chi connectivity index (χ2v) is 6.75. The van der Waals surface area contributed by atoms with Crippen LogP contribution in [0.2, 0.25) is 10.0 Å². The molecule has 1 N–H and O–H groups in total. The second-order valence-electron chi connectivity index (χ2n) is 4.72. The Bertz CT molecular complexity index is 634. The molecule has 0 saturated carbocycles. The quantitative estimate of drug-likeness (QED) is 0.597. The van der Waals surface area contributed by atoms with E-state index in [1.807, 2.05) is 25.1 Å². The van der Waals surface area contributed by atoms with Gasteiger partial charge in [-0.3, -0.25) is 0 Å². The van der Waals surface area contributed by atoms with E-state index in [1.165, 1.54) is 6.07 Å². The molecule has 0 fully saturated rings. The highest BCUT2D eigenvalue weighted by Crippen LogP contribution is 2.28. The fourth-order valence-corrected chi connectivity index (χ4v) is 3.28. The molecule has 0 heterocycles. The van der Waals surface area contributed by atoms with E-state index in [0.717, 1.165) is 15.7 Å². The van der Waals surface area contributed by atoms with E-state index in [0.29, 0.717) is 22.0 Å². The first-order valence-corrected chi connectivity index (χ1v) is 8.47. The number of likely N-dealkylation sites (N-methyl/N-ethyl adjacent to an activating group) is 1. The van der Waals surface area contributed by atoms with E-state index in [9.17, 15) is 4.39 Å². The predicted octanol–water partition coefficient (Wildman–Crippen LogP) is 5.63. The van der Waals surface area contributed by atoms with Gasteiger partial charge in [-0.2, -0.15) is 0 Å². The van der Waals surface area contributed by atoms with Crippen LogP contribution >= 0.6 is 45.8 Å². The van der Waals surface area contributed by atoms with Crippen molar-refractivity contribution in [3.05, 3.63) is 67.0 Å². The summed E-state index contributed by atoms with van der Waals surface area (Å²) in [6, 6.07) is 10.6. The van der Waals surface area contributed by atoms with Gasteiger partial charge in [0.15, 0.2) is 0 Å². The first-order valence-electron chi connectivity index (χ1n) is 6.63. The lowest BCUT2D eigenvalue weighted by atomic mass is 9.98. The molecule has 1 nitrogen and oxygen atoms in total. The molecule has 0 aliphatic carbocycles. The Morgan fingerprint density at radius 1 is 1.14 bits per heavy atom. The van der Waals surface area contributed by atoms with Crippen LogP contribution in [0.4, 0.5) is 4.39 Å².